The summed E-state index contributed by atoms with van der Waals surface area (Å²) in [7, 11) is 1.26. The van der Waals surface area contributed by atoms with Gasteiger partial charge in [0.1, 0.15) is 29.9 Å². The van der Waals surface area contributed by atoms with Crippen molar-refractivity contribution in [1.29, 1.82) is 0 Å². The lowest BCUT2D eigenvalue weighted by atomic mass is 9.96. The highest BCUT2D eigenvalue weighted by Crippen LogP contribution is 2.41. The first-order valence-corrected chi connectivity index (χ1v) is 17.1. The molecule has 2 N–H and O–H groups in total. The highest BCUT2D eigenvalue weighted by molar-refractivity contribution is 8.00. The van der Waals surface area contributed by atoms with Gasteiger partial charge in [0.05, 0.1) is 16.6 Å². The fraction of sp³-hybridized carbons (Fsp3) is 0.467. The number of anilines is 1. The summed E-state index contributed by atoms with van der Waals surface area (Å²) >= 11 is 3.88. The third-order valence-electron chi connectivity index (χ3n) is 6.73. The van der Waals surface area contributed by atoms with Gasteiger partial charge in [-0.3, -0.25) is 24.1 Å². The van der Waals surface area contributed by atoms with Crippen LogP contribution in [-0.4, -0.2) is 81.3 Å². The van der Waals surface area contributed by atoms with Crippen LogP contribution in [0.4, 0.5) is 5.13 Å². The highest BCUT2D eigenvalue weighted by Gasteiger charge is 2.54. The van der Waals surface area contributed by atoms with Gasteiger partial charge in [-0.25, -0.2) is 14.8 Å². The lowest BCUT2D eigenvalue weighted by molar-refractivity contribution is -0.173. The number of carbonyl (C=O) groups excluding carboxylic acids is 5. The standard InChI is InChI=1S/C30H36N6O8S3/c1-15-18(47-13-31-15)10-9-16-11-45-24-20(23(38)36(24)21(16)25(39)43-14-44-27(41)30(5,6)7)33-22(37)19(35-42-8)17-12-46-28(32-17)34-26(40)29(2,3)4/h9-10,12-13,20,24H,11,14H2,1-8H3,(H,33,37)(H,32,34,40)/b10-9+,35-19+. The molecule has 1 saturated heterocycles. The number of hydrogen-bond donors (Lipinski definition) is 2. The summed E-state index contributed by atoms with van der Waals surface area (Å²) in [6.07, 6.45) is 3.53. The maximum atomic E-state index is 13.5. The number of oxime groups is 1. The number of esters is 2. The number of allylic oxidation sites excluding steroid dienone is 1. The number of ether oxygens (including phenoxy) is 2. The SMILES string of the molecule is CO/N=C(/C(=O)NC1C(=O)N2C(C(=O)OCOC(=O)C(C)(C)C)=C(/C=C/c3scnc3C)CSC12)c1csc(NC(=O)C(C)(C)C)n1. The number of rotatable bonds is 10. The maximum Gasteiger partial charge on any atom is 0.358 e. The van der Waals surface area contributed by atoms with Gasteiger partial charge >= 0.3 is 11.9 Å². The van der Waals surface area contributed by atoms with Crippen molar-refractivity contribution < 1.29 is 38.3 Å². The molecule has 2 aromatic heterocycles. The first-order chi connectivity index (χ1) is 22.0. The number of aromatic nitrogens is 2. The lowest BCUT2D eigenvalue weighted by Gasteiger charge is -2.49. The zero-order valence-corrected chi connectivity index (χ0v) is 29.6. The van der Waals surface area contributed by atoms with Crippen LogP contribution in [-0.2, 0) is 38.3 Å². The average molecular weight is 705 g/mol. The second kappa shape index (κ2) is 14.4. The van der Waals surface area contributed by atoms with Crippen molar-refractivity contribution in [2.24, 2.45) is 16.0 Å². The summed E-state index contributed by atoms with van der Waals surface area (Å²) in [5, 5.41) is 10.4. The van der Waals surface area contributed by atoms with Crippen molar-refractivity contribution in [2.45, 2.75) is 59.9 Å². The first-order valence-electron chi connectivity index (χ1n) is 14.3. The molecule has 4 rings (SSSR count). The number of amides is 3. The number of hydrogen-bond acceptors (Lipinski definition) is 14. The van der Waals surface area contributed by atoms with Gasteiger partial charge in [-0.15, -0.1) is 34.4 Å². The van der Waals surface area contributed by atoms with E-state index in [2.05, 4.69) is 25.8 Å². The molecule has 0 spiro atoms. The van der Waals surface area contributed by atoms with Crippen LogP contribution in [0.2, 0.25) is 0 Å². The van der Waals surface area contributed by atoms with E-state index in [1.54, 1.807) is 59.2 Å². The van der Waals surface area contributed by atoms with Crippen molar-refractivity contribution in [1.82, 2.24) is 20.2 Å². The van der Waals surface area contributed by atoms with Crippen LogP contribution in [0.5, 0.6) is 0 Å². The fourth-order valence-corrected chi connectivity index (χ4v) is 6.76. The van der Waals surface area contributed by atoms with Crippen molar-refractivity contribution in [3.05, 3.63) is 44.5 Å². The van der Waals surface area contributed by atoms with Crippen LogP contribution >= 0.6 is 34.4 Å². The molecule has 2 unspecified atom stereocenters. The van der Waals surface area contributed by atoms with Crippen molar-refractivity contribution in [2.75, 3.05) is 25.0 Å². The Labute approximate surface area is 284 Å². The largest absolute Gasteiger partial charge is 0.427 e. The number of nitrogens with zero attached hydrogens (tertiary/aromatic N) is 4. The predicted octanol–water partition coefficient (Wildman–Crippen LogP) is 3.70. The summed E-state index contributed by atoms with van der Waals surface area (Å²) in [4.78, 5) is 80.4. The molecule has 0 saturated carbocycles. The summed E-state index contributed by atoms with van der Waals surface area (Å²) in [5.74, 6) is -2.65. The van der Waals surface area contributed by atoms with E-state index in [1.807, 2.05) is 6.92 Å². The summed E-state index contributed by atoms with van der Waals surface area (Å²) in [6.45, 7) is 11.5. The van der Waals surface area contributed by atoms with Crippen molar-refractivity contribution in [3.63, 3.8) is 0 Å². The maximum absolute atomic E-state index is 13.5. The predicted molar refractivity (Wildman–Crippen MR) is 178 cm³/mol. The minimum Gasteiger partial charge on any atom is -0.427 e. The van der Waals surface area contributed by atoms with Gasteiger partial charge in [0.25, 0.3) is 11.8 Å². The zero-order chi connectivity index (χ0) is 34.7. The van der Waals surface area contributed by atoms with Crippen molar-refractivity contribution >= 4 is 81.0 Å². The zero-order valence-electron chi connectivity index (χ0n) is 27.2. The van der Waals surface area contributed by atoms with Gasteiger partial charge in [-0.2, -0.15) is 0 Å². The Hall–Kier alpha value is -4.09. The Morgan fingerprint density at radius 1 is 1.09 bits per heavy atom. The molecule has 2 atom stereocenters. The van der Waals surface area contributed by atoms with E-state index in [0.717, 1.165) is 21.9 Å². The normalized spacial score (nSPS) is 18.4. The Morgan fingerprint density at radius 2 is 1.81 bits per heavy atom. The molecule has 2 aliphatic heterocycles. The minimum atomic E-state index is -1.01. The molecule has 0 radical (unpaired) electrons. The minimum absolute atomic E-state index is 0.0148. The Kier molecular flexibility index (Phi) is 10.9. The average Bonchev–Trinajstić information content (AvgIpc) is 3.63. The van der Waals surface area contributed by atoms with E-state index in [0.29, 0.717) is 11.3 Å². The monoisotopic (exact) mass is 704 g/mol. The molecule has 4 heterocycles. The fourth-order valence-electron chi connectivity index (χ4n) is 4.06. The number of aryl methyl sites for hydroxylation is 1. The van der Waals surface area contributed by atoms with E-state index in [4.69, 9.17) is 14.3 Å². The van der Waals surface area contributed by atoms with Gasteiger partial charge in [-0.1, -0.05) is 32.0 Å². The van der Waals surface area contributed by atoms with Gasteiger partial charge in [-0.05, 0) is 39.3 Å². The molecular weight excluding hydrogens is 669 g/mol. The molecule has 0 aromatic carbocycles. The van der Waals surface area contributed by atoms with E-state index in [9.17, 15) is 24.0 Å². The van der Waals surface area contributed by atoms with Crippen molar-refractivity contribution in [3.8, 4) is 0 Å². The number of carbonyl (C=O) groups is 5. The molecule has 17 heteroatoms. The van der Waals surface area contributed by atoms with E-state index in [-0.39, 0.29) is 28.1 Å². The van der Waals surface area contributed by atoms with Gasteiger partial charge in [0, 0.05) is 21.4 Å². The van der Waals surface area contributed by atoms with E-state index in [1.165, 1.54) is 40.5 Å². The van der Waals surface area contributed by atoms with Crippen LogP contribution in [0.15, 0.2) is 33.4 Å². The van der Waals surface area contributed by atoms with E-state index >= 15 is 0 Å². The number of β-lactam (4-membered cyclic amide) rings is 1. The molecule has 2 aliphatic rings. The van der Waals surface area contributed by atoms with E-state index < -0.39 is 52.8 Å². The van der Waals surface area contributed by atoms with Gasteiger partial charge in [0.15, 0.2) is 10.8 Å². The number of thiazole rings is 2. The Balaban J connectivity index is 1.53. The number of thioether (sulfide) groups is 1. The second-order valence-corrected chi connectivity index (χ2v) is 15.3. The first kappa shape index (κ1) is 35.8. The van der Waals surface area contributed by atoms with Crippen LogP contribution < -0.4 is 10.6 Å². The third-order valence-corrected chi connectivity index (χ3v) is 9.69. The van der Waals surface area contributed by atoms with Gasteiger partial charge in [0.2, 0.25) is 12.7 Å². The Morgan fingerprint density at radius 3 is 2.43 bits per heavy atom. The molecule has 2 aromatic rings. The summed E-state index contributed by atoms with van der Waals surface area (Å²) in [5.41, 5.74) is 1.49. The van der Waals surface area contributed by atoms with Crippen LogP contribution in [0.25, 0.3) is 6.08 Å². The Bertz CT molecular complexity index is 1660. The number of nitrogens with one attached hydrogen (secondary N) is 2. The van der Waals surface area contributed by atoms with Crippen LogP contribution in [0.1, 0.15) is 57.8 Å². The smallest absolute Gasteiger partial charge is 0.358 e. The lowest BCUT2D eigenvalue weighted by Crippen LogP contribution is -2.71. The summed E-state index contributed by atoms with van der Waals surface area (Å²) < 4.78 is 10.4. The molecule has 252 valence electrons. The molecule has 47 heavy (non-hydrogen) atoms. The topological polar surface area (TPSA) is 178 Å². The molecular formula is C30H36N6O8S3. The molecule has 0 aliphatic carbocycles. The quantitative estimate of drug-likeness (QED) is 0.121. The molecule has 0 bridgehead atoms. The second-order valence-electron chi connectivity index (χ2n) is 12.5. The number of fused-ring (bicyclic) bond motifs is 1. The summed E-state index contributed by atoms with van der Waals surface area (Å²) in [6, 6.07) is -1.01. The van der Waals surface area contributed by atoms with Crippen LogP contribution in [0, 0.1) is 17.8 Å². The third kappa shape index (κ3) is 8.26. The molecule has 14 nitrogen and oxygen atoms in total. The van der Waals surface area contributed by atoms with Crippen LogP contribution in [0.3, 0.4) is 0 Å². The molecule has 1 fully saturated rings. The van der Waals surface area contributed by atoms with Gasteiger partial charge < -0.3 is 24.9 Å². The highest BCUT2D eigenvalue weighted by atomic mass is 32.2. The molecule has 3 amide bonds.